The number of pyridine rings is 2. The number of nitrogens with one attached hydrogen (secondary N) is 1. The number of carbonyl (C=O) groups is 4. The third kappa shape index (κ3) is 9.54. The van der Waals surface area contributed by atoms with Crippen LogP contribution in [0.4, 0.5) is 11.4 Å². The Labute approximate surface area is 356 Å². The maximum atomic E-state index is 12.4. The van der Waals surface area contributed by atoms with E-state index in [1.165, 1.54) is 14.0 Å². The van der Waals surface area contributed by atoms with Crippen molar-refractivity contribution in [1.29, 1.82) is 0 Å². The molecule has 0 spiro atoms. The van der Waals surface area contributed by atoms with Crippen LogP contribution in [0.15, 0.2) is 97.3 Å². The maximum absolute atomic E-state index is 12.4. The van der Waals surface area contributed by atoms with Crippen LogP contribution >= 0.6 is 0 Å². The summed E-state index contributed by atoms with van der Waals surface area (Å²) in [7, 11) is 7.54. The first kappa shape index (κ1) is 43.9. The van der Waals surface area contributed by atoms with Crippen LogP contribution in [0.5, 0.6) is 46.0 Å². The third-order valence-corrected chi connectivity index (χ3v) is 10.5. The first-order valence-corrected chi connectivity index (χ1v) is 19.3. The van der Waals surface area contributed by atoms with Crippen LogP contribution in [0.3, 0.4) is 0 Å². The Morgan fingerprint density at radius 3 is 1.37 bits per heavy atom. The molecule has 2 aliphatic carbocycles. The fraction of sp³-hybridized carbons (Fsp3) is 0.261. The highest BCUT2D eigenvalue weighted by atomic mass is 16.5. The number of methoxy groups -OCH3 is 5. The van der Waals surface area contributed by atoms with E-state index >= 15 is 0 Å². The van der Waals surface area contributed by atoms with Crippen molar-refractivity contribution in [2.75, 3.05) is 46.6 Å². The van der Waals surface area contributed by atoms with Crippen molar-refractivity contribution in [3.05, 3.63) is 97.3 Å². The van der Waals surface area contributed by atoms with Crippen molar-refractivity contribution >= 4 is 56.8 Å². The van der Waals surface area contributed by atoms with Crippen molar-refractivity contribution < 1.29 is 57.4 Å². The van der Waals surface area contributed by atoms with Gasteiger partial charge >= 0.3 is 11.9 Å². The van der Waals surface area contributed by atoms with Gasteiger partial charge in [0.15, 0.2) is 28.4 Å². The van der Waals surface area contributed by atoms with E-state index in [9.17, 15) is 19.2 Å². The number of Topliss-reactive ketones (excluding diaryl/α,β-unsaturated/α-hetero) is 1. The summed E-state index contributed by atoms with van der Waals surface area (Å²) >= 11 is 0. The summed E-state index contributed by atoms with van der Waals surface area (Å²) in [6.45, 7) is 1.47. The molecular formula is C46H46N4O12. The van der Waals surface area contributed by atoms with Crippen LogP contribution in [0.1, 0.15) is 32.6 Å². The van der Waals surface area contributed by atoms with Crippen LogP contribution in [-0.2, 0) is 23.9 Å². The molecule has 2 fully saturated rings. The third-order valence-electron chi connectivity index (χ3n) is 10.5. The number of anilines is 2. The van der Waals surface area contributed by atoms with E-state index in [4.69, 9.17) is 39.3 Å². The zero-order valence-corrected chi connectivity index (χ0v) is 35.0. The molecule has 8 rings (SSSR count). The van der Waals surface area contributed by atoms with Gasteiger partial charge in [0, 0.05) is 46.7 Å². The van der Waals surface area contributed by atoms with Crippen molar-refractivity contribution in [3.63, 3.8) is 0 Å². The number of rotatable bonds is 13. The van der Waals surface area contributed by atoms with E-state index in [1.54, 1.807) is 89.4 Å². The van der Waals surface area contributed by atoms with E-state index in [0.717, 1.165) is 16.3 Å². The van der Waals surface area contributed by atoms with Crippen LogP contribution in [-0.4, -0.2) is 74.3 Å². The Morgan fingerprint density at radius 1 is 0.597 bits per heavy atom. The maximum Gasteiger partial charge on any atom is 0.323 e. The van der Waals surface area contributed by atoms with Crippen molar-refractivity contribution in [3.8, 4) is 46.0 Å². The smallest absolute Gasteiger partial charge is 0.323 e. The van der Waals surface area contributed by atoms with Gasteiger partial charge in [-0.05, 0) is 105 Å². The second-order valence-electron chi connectivity index (χ2n) is 14.3. The van der Waals surface area contributed by atoms with E-state index in [1.807, 2.05) is 36.4 Å². The first-order valence-electron chi connectivity index (χ1n) is 19.3. The van der Waals surface area contributed by atoms with Crippen molar-refractivity contribution in [2.24, 2.45) is 10.8 Å². The number of hydrogen-bond donors (Lipinski definition) is 3. The molecule has 0 radical (unpaired) electrons. The highest BCUT2D eigenvalue weighted by Crippen LogP contribution is 2.48. The molecular weight excluding hydrogens is 801 g/mol. The molecule has 2 saturated carbocycles. The molecule has 0 atom stereocenters. The number of carboxylic acids is 1. The second kappa shape index (κ2) is 18.8. The molecule has 16 nitrogen and oxygen atoms in total. The van der Waals surface area contributed by atoms with Gasteiger partial charge in [0.2, 0.25) is 5.91 Å². The fourth-order valence-corrected chi connectivity index (χ4v) is 6.41. The summed E-state index contributed by atoms with van der Waals surface area (Å²) in [6, 6.07) is 25.1. The number of fused-ring (bicyclic) bond motifs is 2. The molecule has 2 heterocycles. The molecule has 0 aliphatic heterocycles. The predicted octanol–water partition coefficient (Wildman–Crippen LogP) is 8.00. The molecule has 322 valence electrons. The molecule has 4 aromatic carbocycles. The average Bonchev–Trinajstić information content (AvgIpc) is 4.23. The SMILES string of the molecule is COC(=O)C1(C(=O)O)CC1.COc1cc2nccc(Oc3ccc(N)cc3)c2cc1OC.COc1cc2nccc(Oc3ccc(NC(=O)C4(C(C)=O)CC4)cc3)c2cc1OC. The summed E-state index contributed by atoms with van der Waals surface area (Å²) in [5, 5.41) is 12.9. The van der Waals surface area contributed by atoms with Crippen LogP contribution in [0.2, 0.25) is 0 Å². The molecule has 0 bridgehead atoms. The highest BCUT2D eigenvalue weighted by Gasteiger charge is 2.58. The Balaban J connectivity index is 0.000000175. The number of nitrogen functional groups attached to an aromatic ring is 1. The molecule has 6 aromatic rings. The highest BCUT2D eigenvalue weighted by molar-refractivity contribution is 6.13. The van der Waals surface area contributed by atoms with Crippen molar-refractivity contribution in [1.82, 2.24) is 9.97 Å². The Bertz CT molecular complexity index is 2610. The molecule has 0 saturated heterocycles. The Morgan fingerprint density at radius 2 is 1.02 bits per heavy atom. The number of carboxylic acid groups (broad SMARTS) is 1. The topological polar surface area (TPSA) is 217 Å². The number of nitrogens with zero attached hydrogens (tertiary/aromatic N) is 2. The minimum atomic E-state index is -1.19. The Kier molecular flexibility index (Phi) is 13.3. The lowest BCUT2D eigenvalue weighted by molar-refractivity contribution is -0.159. The van der Waals surface area contributed by atoms with E-state index in [-0.39, 0.29) is 11.7 Å². The van der Waals surface area contributed by atoms with Gasteiger partial charge in [0.05, 0.1) is 46.6 Å². The lowest BCUT2D eigenvalue weighted by atomic mass is 10.0. The summed E-state index contributed by atoms with van der Waals surface area (Å²) in [5.41, 5.74) is 6.45. The summed E-state index contributed by atoms with van der Waals surface area (Å²) in [5.74, 6) is 3.02. The average molecular weight is 847 g/mol. The molecule has 16 heteroatoms. The minimum Gasteiger partial charge on any atom is -0.493 e. The van der Waals surface area contributed by atoms with Gasteiger partial charge in [-0.15, -0.1) is 0 Å². The normalized spacial score (nSPS) is 13.7. The van der Waals surface area contributed by atoms with Gasteiger partial charge in [-0.1, -0.05) is 0 Å². The van der Waals surface area contributed by atoms with Gasteiger partial charge in [-0.2, -0.15) is 0 Å². The van der Waals surface area contributed by atoms with E-state index in [2.05, 4.69) is 20.0 Å². The summed E-state index contributed by atoms with van der Waals surface area (Å²) in [6.07, 6.45) is 5.40. The lowest BCUT2D eigenvalue weighted by Gasteiger charge is -2.14. The number of nitrogens with two attached hydrogens (primary N) is 1. The summed E-state index contributed by atoms with van der Waals surface area (Å²) < 4.78 is 37.6. The molecule has 0 unspecified atom stereocenters. The molecule has 4 N–H and O–H groups in total. The van der Waals surface area contributed by atoms with E-state index in [0.29, 0.717) is 88.6 Å². The minimum absolute atomic E-state index is 0.0865. The number of ether oxygens (including phenoxy) is 7. The zero-order chi connectivity index (χ0) is 44.6. The van der Waals surface area contributed by atoms with Gasteiger partial charge in [-0.25, -0.2) is 0 Å². The molecule has 1 amide bonds. The number of aliphatic carboxylic acids is 1. The second-order valence-corrected chi connectivity index (χ2v) is 14.3. The number of carbonyl (C=O) groups excluding carboxylic acids is 3. The Hall–Kier alpha value is -7.62. The van der Waals surface area contributed by atoms with Gasteiger partial charge in [-0.3, -0.25) is 29.1 Å². The number of benzene rings is 4. The van der Waals surface area contributed by atoms with Gasteiger partial charge in [0.1, 0.15) is 34.2 Å². The predicted molar refractivity (Wildman–Crippen MR) is 229 cm³/mol. The van der Waals surface area contributed by atoms with Crippen LogP contribution in [0.25, 0.3) is 21.8 Å². The van der Waals surface area contributed by atoms with Gasteiger partial charge < -0.3 is 49.3 Å². The van der Waals surface area contributed by atoms with Gasteiger partial charge in [0.25, 0.3) is 0 Å². The number of esters is 1. The zero-order valence-electron chi connectivity index (χ0n) is 35.0. The largest absolute Gasteiger partial charge is 0.493 e. The molecule has 2 aromatic heterocycles. The number of hydrogen-bond acceptors (Lipinski definition) is 14. The summed E-state index contributed by atoms with van der Waals surface area (Å²) in [4.78, 5) is 53.9. The van der Waals surface area contributed by atoms with Crippen LogP contribution < -0.4 is 39.5 Å². The molecule has 62 heavy (non-hydrogen) atoms. The fourth-order valence-electron chi connectivity index (χ4n) is 6.41. The first-order chi connectivity index (χ1) is 29.8. The van der Waals surface area contributed by atoms with E-state index < -0.39 is 22.8 Å². The number of ketones is 1. The number of amides is 1. The monoisotopic (exact) mass is 846 g/mol. The number of aromatic nitrogens is 2. The lowest BCUT2D eigenvalue weighted by Crippen LogP contribution is -2.29. The standard InChI is InChI=1S/C23H22N2O5.C17H16N2O3.C6H8O4/c1-14(26)23(9-10-23)22(27)25-15-4-6-16(7-5-15)30-19-8-11-24-18-13-21(29-3)20(28-2)12-17(18)19;1-20-16-9-13-14(10-17(16)21-2)19-8-7-15(13)22-12-5-3-11(18)4-6-12;1-10-5(9)6(2-3-6)4(7)8/h4-8,11-13H,9-10H2,1-3H3,(H,25,27);3-10H,18H2,1-2H3;2-3H2,1H3,(H,7,8). The van der Waals surface area contributed by atoms with Crippen molar-refractivity contribution in [2.45, 2.75) is 32.6 Å². The quantitative estimate of drug-likeness (QED) is 0.0570. The van der Waals surface area contributed by atoms with Crippen LogP contribution in [0, 0.1) is 10.8 Å². The molecule has 2 aliphatic rings.